The standard InChI is InChI=1S/C38H39P3.4C8H5.ClHO4.2Pt/c1-3-33(30-39(34-20-10-5-11-21-34)35-22-12-6-13-23-35)31-41(4-2,38-28-18-9-19-29-38)32-40(36-24-14-7-15-25-36)37-26-16-8-17-27-37;4*1-2-8-6-4-3-5-7-8;2-1(3,4)5;;/h5-29,31,33H,1-4,30,32H2;4*3-7H;(H,2,3,4,5);;/q-2;4*-1;;;+2/p+2. The van der Waals surface area contributed by atoms with Crippen molar-refractivity contribution in [2.75, 3.05) is 18.2 Å². The molecule has 0 bridgehead atoms. The van der Waals surface area contributed by atoms with Crippen molar-refractivity contribution < 1.29 is 71.0 Å². The summed E-state index contributed by atoms with van der Waals surface area (Å²) in [7, 11) is -8.44. The molecule has 0 aliphatic heterocycles. The Balaban J connectivity index is 0.000000446. The summed E-state index contributed by atoms with van der Waals surface area (Å²) in [6.45, 7) is 9.20. The average molecular weight is 1490 g/mol. The van der Waals surface area contributed by atoms with Crippen LogP contribution in [0.1, 0.15) is 28.7 Å². The summed E-state index contributed by atoms with van der Waals surface area (Å²) in [4.78, 5) is 0. The molecule has 410 valence electrons. The molecule has 10 heteroatoms. The molecule has 0 saturated heterocycles. The van der Waals surface area contributed by atoms with Crippen molar-refractivity contribution in [2.24, 2.45) is 5.92 Å². The maximum Gasteiger partial charge on any atom is 2.00 e. The molecule has 0 aliphatic carbocycles. The Labute approximate surface area is 511 Å². The fourth-order valence-electron chi connectivity index (χ4n) is 7.81. The molecule has 9 aromatic carbocycles. The van der Waals surface area contributed by atoms with Crippen molar-refractivity contribution >= 4 is 49.6 Å². The monoisotopic (exact) mass is 1480 g/mol. The summed E-state index contributed by atoms with van der Waals surface area (Å²) in [5.41, 5.74) is 3.31. The van der Waals surface area contributed by atoms with Gasteiger partial charge in [0.05, 0.1) is 38.7 Å². The predicted octanol–water partition coefficient (Wildman–Crippen LogP) is 10.2. The molecular formula is C70H62ClO4P3Pt2-2. The Morgan fingerprint density at radius 1 is 0.425 bits per heavy atom. The van der Waals surface area contributed by atoms with Gasteiger partial charge in [-0.2, -0.15) is 20.1 Å². The van der Waals surface area contributed by atoms with Crippen LogP contribution < -0.4 is 40.5 Å². The van der Waals surface area contributed by atoms with E-state index in [4.69, 9.17) is 44.3 Å². The van der Waals surface area contributed by atoms with Gasteiger partial charge in [-0.05, 0) is 60.7 Å². The van der Waals surface area contributed by atoms with E-state index in [1.807, 2.05) is 121 Å². The van der Waals surface area contributed by atoms with Gasteiger partial charge in [0.2, 0.25) is 0 Å². The third kappa shape index (κ3) is 27.5. The quantitative estimate of drug-likeness (QED) is 0.0708. The summed E-state index contributed by atoms with van der Waals surface area (Å²) < 4.78 is 32.7. The van der Waals surface area contributed by atoms with Crippen LogP contribution in [0.5, 0.6) is 0 Å². The molecular weight excluding hydrogens is 1420 g/mol. The molecule has 0 amide bonds. The van der Waals surface area contributed by atoms with Crippen LogP contribution in [-0.4, -0.2) is 22.9 Å². The normalized spacial score (nSPS) is 10.9. The van der Waals surface area contributed by atoms with Crippen molar-refractivity contribution in [1.29, 1.82) is 0 Å². The van der Waals surface area contributed by atoms with Crippen molar-refractivity contribution in [1.82, 2.24) is 0 Å². The Kier molecular flexibility index (Phi) is 36.0. The SMILES string of the molecule is [C-]#Cc1ccccc1.[C-]#Cc1ccccc1.[C-]#Cc1ccccc1.[C-]#Cc1ccccc1.[CH2-]CC([CH-][P+](C[CH2-])(C[PH+](c1ccccc1)c1ccccc1)c1ccccc1)C[PH+](c1ccccc1)c1ccccc1.[O-][Cl+3]([O-])([O-])O.[Pt+2].[Pt]. The second-order valence-electron chi connectivity index (χ2n) is 16.9. The second kappa shape index (κ2) is 41.1. The molecule has 0 fully saturated rings. The van der Waals surface area contributed by atoms with E-state index in [0.29, 0.717) is 5.92 Å². The van der Waals surface area contributed by atoms with Crippen molar-refractivity contribution in [3.63, 3.8) is 0 Å². The number of halogens is 1. The third-order valence-electron chi connectivity index (χ3n) is 11.6. The summed E-state index contributed by atoms with van der Waals surface area (Å²) in [6, 6.07) is 93.6. The summed E-state index contributed by atoms with van der Waals surface area (Å²) in [5.74, 6) is 10.7. The molecule has 0 aliphatic rings. The number of hydrogen-bond donors (Lipinski definition) is 1. The van der Waals surface area contributed by atoms with Gasteiger partial charge in [0, 0.05) is 27.2 Å². The zero-order valence-electron chi connectivity index (χ0n) is 44.0. The Morgan fingerprint density at radius 3 is 0.863 bits per heavy atom. The molecule has 0 saturated carbocycles. The first-order chi connectivity index (χ1) is 37.9. The first-order valence-corrected chi connectivity index (χ1v) is 31.7. The molecule has 0 spiro atoms. The van der Waals surface area contributed by atoms with Gasteiger partial charge in [0.15, 0.2) is 0 Å². The van der Waals surface area contributed by atoms with E-state index in [1.54, 1.807) is 0 Å². The van der Waals surface area contributed by atoms with E-state index in [-0.39, 0.29) is 42.1 Å². The number of rotatable bonds is 13. The Bertz CT molecular complexity index is 2870. The second-order valence-corrected chi connectivity index (χ2v) is 27.0. The van der Waals surface area contributed by atoms with Crippen LogP contribution in [0.2, 0.25) is 0 Å². The molecule has 0 radical (unpaired) electrons. The van der Waals surface area contributed by atoms with Crippen LogP contribution >= 0.6 is 23.1 Å². The average Bonchev–Trinajstić information content (AvgIpc) is 3.51. The van der Waals surface area contributed by atoms with Gasteiger partial charge in [-0.15, -0.1) is 76.7 Å². The molecule has 9 rings (SSSR count). The minimum absolute atomic E-state index is 0. The first-order valence-electron chi connectivity index (χ1n) is 24.8. The van der Waals surface area contributed by atoms with Gasteiger partial charge in [0.25, 0.3) is 0 Å². The van der Waals surface area contributed by atoms with Crippen LogP contribution in [0.25, 0.3) is 0 Å². The van der Waals surface area contributed by atoms with Gasteiger partial charge in [-0.1, -0.05) is 177 Å². The topological polar surface area (TPSA) is 89.4 Å². The molecule has 0 heterocycles. The fraction of sp³-hybridized carbons (Fsp3) is 0.0714. The summed E-state index contributed by atoms with van der Waals surface area (Å²) in [6.07, 6.45) is 32.5. The van der Waals surface area contributed by atoms with Crippen molar-refractivity contribution in [3.05, 3.63) is 341 Å². The first kappa shape index (κ1) is 70.1. The van der Waals surface area contributed by atoms with E-state index < -0.39 is 33.3 Å². The van der Waals surface area contributed by atoms with E-state index in [2.05, 4.69) is 195 Å². The van der Waals surface area contributed by atoms with Crippen molar-refractivity contribution in [3.8, 4) is 23.7 Å². The van der Waals surface area contributed by atoms with E-state index in [0.717, 1.165) is 41.0 Å². The number of benzene rings is 9. The van der Waals surface area contributed by atoms with Gasteiger partial charge in [-0.25, -0.2) is 6.42 Å². The maximum atomic E-state index is 8.60. The summed E-state index contributed by atoms with van der Waals surface area (Å²) in [5, 5.41) is 7.40. The zero-order chi connectivity index (χ0) is 56.1. The molecule has 0 aromatic heterocycles. The predicted molar refractivity (Wildman–Crippen MR) is 325 cm³/mol. The minimum Gasteiger partial charge on any atom is -0.366 e. The van der Waals surface area contributed by atoms with Crippen LogP contribution in [0.15, 0.2) is 273 Å². The van der Waals surface area contributed by atoms with E-state index in [1.165, 1.54) is 32.4 Å². The molecule has 9 aromatic rings. The zero-order valence-corrected chi connectivity index (χ0v) is 52.2. The van der Waals surface area contributed by atoms with Gasteiger partial charge >= 0.3 is 21.1 Å². The summed E-state index contributed by atoms with van der Waals surface area (Å²) >= 11 is 0. The third-order valence-corrected chi connectivity index (χ3v) is 23.3. The van der Waals surface area contributed by atoms with Crippen LogP contribution in [0, 0.1) is 85.5 Å². The molecule has 2 unspecified atom stereocenters. The maximum absolute atomic E-state index is 8.60. The molecule has 80 heavy (non-hydrogen) atoms. The van der Waals surface area contributed by atoms with Crippen LogP contribution in [0.3, 0.4) is 0 Å². The van der Waals surface area contributed by atoms with Crippen molar-refractivity contribution in [2.45, 2.75) is 6.42 Å². The Morgan fingerprint density at radius 2 is 0.650 bits per heavy atom. The van der Waals surface area contributed by atoms with E-state index >= 15 is 0 Å². The smallest absolute Gasteiger partial charge is 0.366 e. The number of hydrogen-bond acceptors (Lipinski definition) is 4. The Hall–Kier alpha value is -5.98. The van der Waals surface area contributed by atoms with Crippen LogP contribution in [-0.2, 0) is 42.1 Å². The van der Waals surface area contributed by atoms with Gasteiger partial charge < -0.3 is 39.5 Å². The fourth-order valence-corrected chi connectivity index (χ4v) is 20.3. The largest absolute Gasteiger partial charge is 2.00 e. The van der Waals surface area contributed by atoms with Gasteiger partial charge in [-0.3, -0.25) is 23.7 Å². The van der Waals surface area contributed by atoms with E-state index in [9.17, 15) is 0 Å². The van der Waals surface area contributed by atoms with Gasteiger partial charge in [0.1, 0.15) is 24.4 Å². The molecule has 1 N–H and O–H groups in total. The molecule has 2 atom stereocenters. The van der Waals surface area contributed by atoms with Crippen LogP contribution in [0.4, 0.5) is 0 Å². The molecule has 4 nitrogen and oxygen atoms in total. The minimum atomic E-state index is -4.69.